The summed E-state index contributed by atoms with van der Waals surface area (Å²) in [4.78, 5) is 0. The van der Waals surface area contributed by atoms with Crippen LogP contribution in [0.25, 0.3) is 0 Å². The Bertz CT molecular complexity index is 471. The third kappa shape index (κ3) is 2.94. The van der Waals surface area contributed by atoms with Crippen LogP contribution >= 0.6 is 0 Å². The molecule has 0 aromatic carbocycles. The minimum Gasteiger partial charge on any atom is -0.304 e. The lowest BCUT2D eigenvalue weighted by Gasteiger charge is -2.10. The predicted octanol–water partition coefficient (Wildman–Crippen LogP) is 1.49. The molecule has 0 amide bonds. The van der Waals surface area contributed by atoms with Crippen molar-refractivity contribution >= 4 is 0 Å². The molecule has 1 unspecified atom stereocenters. The second kappa shape index (κ2) is 5.14. The van der Waals surface area contributed by atoms with Crippen LogP contribution in [0.5, 0.6) is 0 Å². The Morgan fingerprint density at radius 2 is 2.29 bits per heavy atom. The number of aryl methyl sites for hydroxylation is 2. The van der Waals surface area contributed by atoms with Gasteiger partial charge in [-0.2, -0.15) is 10.2 Å². The van der Waals surface area contributed by atoms with Crippen molar-refractivity contribution in [3.05, 3.63) is 35.9 Å². The Hall–Kier alpha value is -1.62. The van der Waals surface area contributed by atoms with Crippen LogP contribution in [-0.4, -0.2) is 19.6 Å². The van der Waals surface area contributed by atoms with Crippen molar-refractivity contribution in [3.63, 3.8) is 0 Å². The third-order valence-corrected chi connectivity index (χ3v) is 2.84. The number of hydrogen-bond acceptors (Lipinski definition) is 3. The zero-order valence-corrected chi connectivity index (χ0v) is 10.6. The molecule has 0 saturated heterocycles. The summed E-state index contributed by atoms with van der Waals surface area (Å²) in [5.74, 6) is 0. The molecule has 2 aromatic rings. The fourth-order valence-electron chi connectivity index (χ4n) is 1.71. The molecule has 2 rings (SSSR count). The van der Waals surface area contributed by atoms with Crippen molar-refractivity contribution in [2.75, 3.05) is 0 Å². The Morgan fingerprint density at radius 1 is 1.47 bits per heavy atom. The van der Waals surface area contributed by atoms with Gasteiger partial charge in [-0.15, -0.1) is 0 Å². The summed E-state index contributed by atoms with van der Waals surface area (Å²) >= 11 is 0. The van der Waals surface area contributed by atoms with Crippen LogP contribution in [0, 0.1) is 0 Å². The fourth-order valence-corrected chi connectivity index (χ4v) is 1.71. The summed E-state index contributed by atoms with van der Waals surface area (Å²) in [6.45, 7) is 5.91. The first-order valence-electron chi connectivity index (χ1n) is 5.93. The Labute approximate surface area is 101 Å². The molecule has 5 heteroatoms. The number of hydrogen-bond donors (Lipinski definition) is 1. The molecule has 0 aliphatic carbocycles. The zero-order valence-electron chi connectivity index (χ0n) is 10.6. The maximum absolute atomic E-state index is 4.33. The Kier molecular flexibility index (Phi) is 3.58. The van der Waals surface area contributed by atoms with Gasteiger partial charge in [-0.1, -0.05) is 0 Å². The van der Waals surface area contributed by atoms with Crippen LogP contribution in [0.4, 0.5) is 0 Å². The van der Waals surface area contributed by atoms with E-state index in [9.17, 15) is 0 Å². The Morgan fingerprint density at radius 3 is 2.88 bits per heavy atom. The van der Waals surface area contributed by atoms with Crippen LogP contribution in [0.3, 0.4) is 0 Å². The largest absolute Gasteiger partial charge is 0.304 e. The lowest BCUT2D eigenvalue weighted by atomic mass is 10.2. The van der Waals surface area contributed by atoms with Crippen LogP contribution in [0.15, 0.2) is 24.7 Å². The van der Waals surface area contributed by atoms with Crippen molar-refractivity contribution in [3.8, 4) is 0 Å². The van der Waals surface area contributed by atoms with Crippen molar-refractivity contribution in [2.24, 2.45) is 7.05 Å². The molecule has 0 saturated carbocycles. The summed E-state index contributed by atoms with van der Waals surface area (Å²) in [5.41, 5.74) is 2.27. The molecular weight excluding hydrogens is 214 g/mol. The van der Waals surface area contributed by atoms with Crippen LogP contribution < -0.4 is 5.32 Å². The molecule has 1 N–H and O–H groups in total. The molecule has 0 spiro atoms. The first-order chi connectivity index (χ1) is 8.19. The third-order valence-electron chi connectivity index (χ3n) is 2.84. The fraction of sp³-hybridized carbons (Fsp3) is 0.500. The second-order valence-corrected chi connectivity index (χ2v) is 4.21. The normalized spacial score (nSPS) is 12.9. The van der Waals surface area contributed by atoms with E-state index < -0.39 is 0 Å². The summed E-state index contributed by atoms with van der Waals surface area (Å²) < 4.78 is 3.76. The summed E-state index contributed by atoms with van der Waals surface area (Å²) in [6.07, 6.45) is 5.95. The molecule has 5 nitrogen and oxygen atoms in total. The van der Waals surface area contributed by atoms with Crippen LogP contribution in [-0.2, 0) is 20.1 Å². The van der Waals surface area contributed by atoms with Gasteiger partial charge in [0.25, 0.3) is 0 Å². The minimum atomic E-state index is 0.289. The van der Waals surface area contributed by atoms with E-state index >= 15 is 0 Å². The average Bonchev–Trinajstić information content (AvgIpc) is 2.94. The molecular formula is C12H19N5. The second-order valence-electron chi connectivity index (χ2n) is 4.21. The Balaban J connectivity index is 1.90. The van der Waals surface area contributed by atoms with Gasteiger partial charge in [0.05, 0.1) is 11.9 Å². The van der Waals surface area contributed by atoms with E-state index in [4.69, 9.17) is 0 Å². The molecule has 0 aliphatic rings. The monoisotopic (exact) mass is 233 g/mol. The molecule has 0 fully saturated rings. The van der Waals surface area contributed by atoms with Crippen molar-refractivity contribution in [1.29, 1.82) is 0 Å². The quantitative estimate of drug-likeness (QED) is 0.851. The highest BCUT2D eigenvalue weighted by atomic mass is 15.3. The first kappa shape index (κ1) is 11.9. The highest BCUT2D eigenvalue weighted by Crippen LogP contribution is 2.11. The van der Waals surface area contributed by atoms with E-state index in [0.717, 1.165) is 18.8 Å². The first-order valence-corrected chi connectivity index (χ1v) is 5.93. The van der Waals surface area contributed by atoms with Gasteiger partial charge in [-0.05, 0) is 19.9 Å². The molecule has 17 heavy (non-hydrogen) atoms. The van der Waals surface area contributed by atoms with Crippen molar-refractivity contribution in [2.45, 2.75) is 33.0 Å². The maximum Gasteiger partial charge on any atom is 0.0762 e. The lowest BCUT2D eigenvalue weighted by molar-refractivity contribution is 0.560. The number of nitrogens with one attached hydrogen (secondary N) is 1. The smallest absolute Gasteiger partial charge is 0.0762 e. The van der Waals surface area contributed by atoms with E-state index in [2.05, 4.69) is 35.6 Å². The molecule has 1 atom stereocenters. The van der Waals surface area contributed by atoms with Crippen LogP contribution in [0.2, 0.25) is 0 Å². The van der Waals surface area contributed by atoms with E-state index in [-0.39, 0.29) is 6.04 Å². The molecule has 0 aliphatic heterocycles. The van der Waals surface area contributed by atoms with Gasteiger partial charge in [-0.3, -0.25) is 9.36 Å². The highest BCUT2D eigenvalue weighted by molar-refractivity contribution is 5.10. The van der Waals surface area contributed by atoms with Gasteiger partial charge in [0, 0.05) is 44.1 Å². The number of aromatic nitrogens is 4. The maximum atomic E-state index is 4.33. The van der Waals surface area contributed by atoms with Crippen molar-refractivity contribution in [1.82, 2.24) is 24.9 Å². The van der Waals surface area contributed by atoms with E-state index in [1.807, 2.05) is 34.9 Å². The van der Waals surface area contributed by atoms with Gasteiger partial charge in [0.1, 0.15) is 0 Å². The van der Waals surface area contributed by atoms with Gasteiger partial charge in [0.2, 0.25) is 0 Å². The highest BCUT2D eigenvalue weighted by Gasteiger charge is 2.07. The molecule has 2 heterocycles. The van der Waals surface area contributed by atoms with Gasteiger partial charge in [-0.25, -0.2) is 0 Å². The average molecular weight is 233 g/mol. The summed E-state index contributed by atoms with van der Waals surface area (Å²) in [5, 5.41) is 12.0. The lowest BCUT2D eigenvalue weighted by Crippen LogP contribution is -2.18. The van der Waals surface area contributed by atoms with Gasteiger partial charge < -0.3 is 5.32 Å². The zero-order chi connectivity index (χ0) is 12.3. The molecule has 0 bridgehead atoms. The minimum absolute atomic E-state index is 0.289. The predicted molar refractivity (Wildman–Crippen MR) is 66.4 cm³/mol. The molecule has 0 radical (unpaired) electrons. The van der Waals surface area contributed by atoms with Gasteiger partial charge in [0.15, 0.2) is 0 Å². The SMILES string of the molecule is CCn1cc(C(C)NCc2ccn(C)n2)cn1. The van der Waals surface area contributed by atoms with E-state index in [1.54, 1.807) is 0 Å². The van der Waals surface area contributed by atoms with Crippen molar-refractivity contribution < 1.29 is 0 Å². The number of nitrogens with zero attached hydrogens (tertiary/aromatic N) is 4. The molecule has 92 valence electrons. The summed E-state index contributed by atoms with van der Waals surface area (Å²) in [6, 6.07) is 2.31. The van der Waals surface area contributed by atoms with E-state index in [1.165, 1.54) is 5.56 Å². The standard InChI is InChI=1S/C12H19N5/c1-4-17-9-11(7-14-17)10(2)13-8-12-5-6-16(3)15-12/h5-7,9-10,13H,4,8H2,1-3H3. The van der Waals surface area contributed by atoms with E-state index in [0.29, 0.717) is 0 Å². The van der Waals surface area contributed by atoms with Gasteiger partial charge >= 0.3 is 0 Å². The molecule has 2 aromatic heterocycles. The number of rotatable bonds is 5. The van der Waals surface area contributed by atoms with Crippen LogP contribution in [0.1, 0.15) is 31.1 Å². The topological polar surface area (TPSA) is 47.7 Å². The summed E-state index contributed by atoms with van der Waals surface area (Å²) in [7, 11) is 1.93.